The van der Waals surface area contributed by atoms with Gasteiger partial charge in [0.2, 0.25) is 17.8 Å². The van der Waals surface area contributed by atoms with Crippen LogP contribution in [0.4, 0.5) is 11.9 Å². The highest BCUT2D eigenvalue weighted by atomic mass is 16.3. The summed E-state index contributed by atoms with van der Waals surface area (Å²) in [4.78, 5) is 22.4. The van der Waals surface area contributed by atoms with Crippen molar-refractivity contribution >= 4 is 23.0 Å². The van der Waals surface area contributed by atoms with E-state index in [1.807, 2.05) is 50.2 Å². The van der Waals surface area contributed by atoms with Gasteiger partial charge >= 0.3 is 0 Å². The largest absolute Gasteiger partial charge is 0.438 e. The minimum atomic E-state index is 0.0537. The number of hydrogen-bond acceptors (Lipinski definition) is 7. The molecule has 1 atom stereocenters. The van der Waals surface area contributed by atoms with E-state index in [4.69, 9.17) is 9.40 Å². The summed E-state index contributed by atoms with van der Waals surface area (Å²) in [6.45, 7) is 2.79. The number of hydrogen-bond donors (Lipinski definition) is 0. The van der Waals surface area contributed by atoms with Gasteiger partial charge in [-0.1, -0.05) is 12.1 Å². The van der Waals surface area contributed by atoms with Gasteiger partial charge in [0.1, 0.15) is 17.4 Å². The summed E-state index contributed by atoms with van der Waals surface area (Å²) in [5.74, 6) is 2.83. The van der Waals surface area contributed by atoms with Gasteiger partial charge < -0.3 is 14.2 Å². The van der Waals surface area contributed by atoms with E-state index in [9.17, 15) is 0 Å². The molecule has 3 aromatic rings. The first kappa shape index (κ1) is 15.8. The average Bonchev–Trinajstić information content (AvgIpc) is 3.05. The minimum Gasteiger partial charge on any atom is -0.438 e. The molecule has 0 aliphatic carbocycles. The molecule has 0 saturated carbocycles. The molecule has 0 amide bonds. The van der Waals surface area contributed by atoms with E-state index < -0.39 is 0 Å². The predicted octanol–water partition coefficient (Wildman–Crippen LogP) is 3.12. The van der Waals surface area contributed by atoms with Gasteiger partial charge in [-0.05, 0) is 38.3 Å². The van der Waals surface area contributed by atoms with E-state index in [2.05, 4.69) is 19.9 Å². The second-order valence-corrected chi connectivity index (χ2v) is 6.60. The Labute approximate surface area is 146 Å². The van der Waals surface area contributed by atoms with Crippen molar-refractivity contribution in [3.05, 3.63) is 36.0 Å². The summed E-state index contributed by atoms with van der Waals surface area (Å²) in [6.07, 6.45) is 3.23. The Morgan fingerprint density at radius 1 is 1.08 bits per heavy atom. The molecule has 7 heteroatoms. The van der Waals surface area contributed by atoms with Crippen molar-refractivity contribution in [3.8, 4) is 0 Å². The summed E-state index contributed by atoms with van der Waals surface area (Å²) in [5, 5.41) is 0. The van der Waals surface area contributed by atoms with E-state index in [-0.39, 0.29) is 6.04 Å². The highest BCUT2D eigenvalue weighted by Gasteiger charge is 2.30. The minimum absolute atomic E-state index is 0.0537. The SMILES string of the molecule is Cc1nc(N(C)C)nc(N2CCCCC2c2nc3ccccc3o2)n1. The third-order valence-corrected chi connectivity index (χ3v) is 4.48. The van der Waals surface area contributed by atoms with Crippen molar-refractivity contribution in [3.63, 3.8) is 0 Å². The first-order chi connectivity index (χ1) is 12.1. The van der Waals surface area contributed by atoms with E-state index in [1.165, 1.54) is 0 Å². The van der Waals surface area contributed by atoms with Crippen LogP contribution in [-0.4, -0.2) is 40.6 Å². The number of anilines is 2. The Bertz CT molecular complexity index is 857. The zero-order chi connectivity index (χ0) is 17.4. The van der Waals surface area contributed by atoms with E-state index in [1.54, 1.807) is 0 Å². The summed E-state index contributed by atoms with van der Waals surface area (Å²) < 4.78 is 6.03. The number of aromatic nitrogens is 4. The van der Waals surface area contributed by atoms with Crippen LogP contribution in [0.25, 0.3) is 11.1 Å². The number of oxazole rings is 1. The molecular formula is C18H22N6O. The number of aryl methyl sites for hydroxylation is 1. The van der Waals surface area contributed by atoms with Crippen LogP contribution < -0.4 is 9.80 Å². The molecule has 0 bridgehead atoms. The van der Waals surface area contributed by atoms with Crippen LogP contribution in [0.2, 0.25) is 0 Å². The molecule has 1 fully saturated rings. The van der Waals surface area contributed by atoms with Gasteiger partial charge in [0, 0.05) is 20.6 Å². The molecule has 4 rings (SSSR count). The molecule has 0 radical (unpaired) electrons. The normalized spacial score (nSPS) is 17.9. The Morgan fingerprint density at radius 2 is 1.92 bits per heavy atom. The van der Waals surface area contributed by atoms with E-state index in [0.29, 0.717) is 11.9 Å². The van der Waals surface area contributed by atoms with Crippen LogP contribution in [-0.2, 0) is 0 Å². The van der Waals surface area contributed by atoms with Crippen LogP contribution >= 0.6 is 0 Å². The summed E-state index contributed by atoms with van der Waals surface area (Å²) in [6, 6.07) is 7.93. The second kappa shape index (κ2) is 6.31. The maximum Gasteiger partial charge on any atom is 0.231 e. The fourth-order valence-corrected chi connectivity index (χ4v) is 3.24. The maximum absolute atomic E-state index is 6.03. The maximum atomic E-state index is 6.03. The van der Waals surface area contributed by atoms with Crippen molar-refractivity contribution in [1.82, 2.24) is 19.9 Å². The lowest BCUT2D eigenvalue weighted by Crippen LogP contribution is -2.35. The molecule has 2 aromatic heterocycles. The molecule has 3 heterocycles. The van der Waals surface area contributed by atoms with Crippen molar-refractivity contribution in [1.29, 1.82) is 0 Å². The van der Waals surface area contributed by atoms with Gasteiger partial charge in [-0.2, -0.15) is 15.0 Å². The van der Waals surface area contributed by atoms with Crippen LogP contribution in [0.15, 0.2) is 28.7 Å². The van der Waals surface area contributed by atoms with Gasteiger partial charge in [0.25, 0.3) is 0 Å². The monoisotopic (exact) mass is 338 g/mol. The van der Waals surface area contributed by atoms with Gasteiger partial charge in [0.05, 0.1) is 0 Å². The Hall–Kier alpha value is -2.70. The first-order valence-electron chi connectivity index (χ1n) is 8.64. The summed E-state index contributed by atoms with van der Waals surface area (Å²) >= 11 is 0. The van der Waals surface area contributed by atoms with E-state index >= 15 is 0 Å². The molecular weight excluding hydrogens is 316 g/mol. The first-order valence-corrected chi connectivity index (χ1v) is 8.64. The number of rotatable bonds is 3. The zero-order valence-electron chi connectivity index (χ0n) is 14.8. The molecule has 25 heavy (non-hydrogen) atoms. The number of nitrogens with zero attached hydrogens (tertiary/aromatic N) is 6. The molecule has 0 N–H and O–H groups in total. The number of piperidine rings is 1. The molecule has 130 valence electrons. The molecule has 0 spiro atoms. The zero-order valence-corrected chi connectivity index (χ0v) is 14.8. The smallest absolute Gasteiger partial charge is 0.231 e. The van der Waals surface area contributed by atoms with Crippen LogP contribution in [0.1, 0.15) is 37.0 Å². The lowest BCUT2D eigenvalue weighted by molar-refractivity contribution is 0.386. The van der Waals surface area contributed by atoms with Crippen LogP contribution in [0.5, 0.6) is 0 Å². The fourth-order valence-electron chi connectivity index (χ4n) is 3.24. The standard InChI is InChI=1S/C18H22N6O/c1-12-19-17(23(2)3)22-18(20-12)24-11-7-6-9-14(24)16-21-13-8-4-5-10-15(13)25-16/h4-5,8,10,14H,6-7,9,11H2,1-3H3. The third-order valence-electron chi connectivity index (χ3n) is 4.48. The lowest BCUT2D eigenvalue weighted by Gasteiger charge is -2.34. The molecule has 1 saturated heterocycles. The number of benzene rings is 1. The van der Waals surface area contributed by atoms with Crippen molar-refractivity contribution in [2.24, 2.45) is 0 Å². The average molecular weight is 338 g/mol. The molecule has 1 unspecified atom stereocenters. The van der Waals surface area contributed by atoms with Crippen molar-refractivity contribution in [2.45, 2.75) is 32.2 Å². The van der Waals surface area contributed by atoms with Gasteiger partial charge in [-0.15, -0.1) is 0 Å². The topological polar surface area (TPSA) is 71.2 Å². The van der Waals surface area contributed by atoms with Crippen molar-refractivity contribution in [2.75, 3.05) is 30.4 Å². The second-order valence-electron chi connectivity index (χ2n) is 6.60. The molecule has 1 aliphatic rings. The highest BCUT2D eigenvalue weighted by Crippen LogP contribution is 2.34. The molecule has 1 aliphatic heterocycles. The van der Waals surface area contributed by atoms with Gasteiger partial charge in [-0.3, -0.25) is 0 Å². The summed E-state index contributed by atoms with van der Waals surface area (Å²) in [5.41, 5.74) is 1.72. The van der Waals surface area contributed by atoms with Crippen molar-refractivity contribution < 1.29 is 4.42 Å². The molecule has 1 aromatic carbocycles. The van der Waals surface area contributed by atoms with Crippen LogP contribution in [0.3, 0.4) is 0 Å². The Kier molecular flexibility index (Phi) is 3.99. The number of fused-ring (bicyclic) bond motifs is 1. The van der Waals surface area contributed by atoms with Crippen LogP contribution in [0, 0.1) is 6.92 Å². The quantitative estimate of drug-likeness (QED) is 0.726. The van der Waals surface area contributed by atoms with Gasteiger partial charge in [-0.25, -0.2) is 4.98 Å². The van der Waals surface area contributed by atoms with E-state index in [0.717, 1.165) is 48.6 Å². The highest BCUT2D eigenvalue weighted by molar-refractivity contribution is 5.72. The summed E-state index contributed by atoms with van der Waals surface area (Å²) in [7, 11) is 3.88. The van der Waals surface area contributed by atoms with Gasteiger partial charge in [0.15, 0.2) is 5.58 Å². The fraction of sp³-hybridized carbons (Fsp3) is 0.444. The molecule has 7 nitrogen and oxygen atoms in total. The Balaban J connectivity index is 1.74. The number of para-hydroxylation sites is 2. The lowest BCUT2D eigenvalue weighted by atomic mass is 10.0. The third kappa shape index (κ3) is 3.01. The predicted molar refractivity (Wildman–Crippen MR) is 96.8 cm³/mol. The Morgan fingerprint density at radius 3 is 2.72 bits per heavy atom.